The van der Waals surface area contributed by atoms with Gasteiger partial charge in [0.2, 0.25) is 21.8 Å². The highest BCUT2D eigenvalue weighted by atomic mass is 32.2. The zero-order chi connectivity index (χ0) is 25.5. The molecule has 0 spiro atoms. The fraction of sp³-hybridized carbons (Fsp3) is 0.462. The summed E-state index contributed by atoms with van der Waals surface area (Å²) in [5.41, 5.74) is 3.11. The SMILES string of the molecule is CC[C@H](C(=O)NCC(C)C)N(Cc1cccc(C)c1)C(=O)CN(c1ccccc1C)S(C)(=O)=O. The summed E-state index contributed by atoms with van der Waals surface area (Å²) in [5.74, 6) is -0.398. The van der Waals surface area contributed by atoms with Crippen molar-refractivity contribution in [2.75, 3.05) is 23.7 Å². The zero-order valence-corrected chi connectivity index (χ0v) is 21.9. The highest BCUT2D eigenvalue weighted by Crippen LogP contribution is 2.23. The van der Waals surface area contributed by atoms with Gasteiger partial charge in [-0.05, 0) is 43.4 Å². The first kappa shape index (κ1) is 27.4. The average Bonchev–Trinajstić information content (AvgIpc) is 2.75. The molecule has 0 radical (unpaired) electrons. The first-order chi connectivity index (χ1) is 15.9. The topological polar surface area (TPSA) is 86.8 Å². The van der Waals surface area contributed by atoms with Gasteiger partial charge in [-0.3, -0.25) is 13.9 Å². The molecule has 0 saturated carbocycles. The van der Waals surface area contributed by atoms with Crippen molar-refractivity contribution in [1.29, 1.82) is 0 Å². The Morgan fingerprint density at radius 2 is 1.71 bits per heavy atom. The van der Waals surface area contributed by atoms with Gasteiger partial charge in [-0.2, -0.15) is 0 Å². The lowest BCUT2D eigenvalue weighted by Gasteiger charge is -2.33. The van der Waals surface area contributed by atoms with E-state index in [9.17, 15) is 18.0 Å². The van der Waals surface area contributed by atoms with E-state index in [0.29, 0.717) is 18.7 Å². The Balaban J connectivity index is 2.43. The molecule has 0 aliphatic rings. The fourth-order valence-corrected chi connectivity index (χ4v) is 4.69. The molecule has 2 aromatic carbocycles. The number of amides is 2. The van der Waals surface area contributed by atoms with Crippen molar-refractivity contribution in [2.45, 2.75) is 53.6 Å². The Morgan fingerprint density at radius 1 is 1.03 bits per heavy atom. The van der Waals surface area contributed by atoms with Crippen LogP contribution < -0.4 is 9.62 Å². The van der Waals surface area contributed by atoms with Crippen molar-refractivity contribution < 1.29 is 18.0 Å². The number of rotatable bonds is 11. The molecule has 0 aromatic heterocycles. The Bertz CT molecular complexity index is 1100. The van der Waals surface area contributed by atoms with E-state index in [1.54, 1.807) is 25.1 Å². The number of nitrogens with one attached hydrogen (secondary N) is 1. The summed E-state index contributed by atoms with van der Waals surface area (Å²) >= 11 is 0. The van der Waals surface area contributed by atoms with Gasteiger partial charge in [0.25, 0.3) is 0 Å². The third-order valence-electron chi connectivity index (χ3n) is 5.57. The number of hydrogen-bond acceptors (Lipinski definition) is 4. The van der Waals surface area contributed by atoms with Crippen molar-refractivity contribution in [1.82, 2.24) is 10.2 Å². The molecular formula is C26H37N3O4S. The molecule has 0 fully saturated rings. The second kappa shape index (κ2) is 12.0. The molecule has 0 saturated heterocycles. The lowest BCUT2D eigenvalue weighted by molar-refractivity contribution is -0.140. The third-order valence-corrected chi connectivity index (χ3v) is 6.70. The number of carbonyl (C=O) groups excluding carboxylic acids is 2. The number of anilines is 1. The first-order valence-corrected chi connectivity index (χ1v) is 13.4. The van der Waals surface area contributed by atoms with Gasteiger partial charge in [-0.25, -0.2) is 8.42 Å². The van der Waals surface area contributed by atoms with Crippen LogP contribution in [0, 0.1) is 19.8 Å². The highest BCUT2D eigenvalue weighted by molar-refractivity contribution is 7.92. The van der Waals surface area contributed by atoms with Crippen LogP contribution in [0.4, 0.5) is 5.69 Å². The molecular weight excluding hydrogens is 450 g/mol. The molecule has 8 heteroatoms. The predicted octanol–water partition coefficient (Wildman–Crippen LogP) is 3.65. The number of hydrogen-bond donors (Lipinski definition) is 1. The van der Waals surface area contributed by atoms with Crippen LogP contribution in [0.1, 0.15) is 43.9 Å². The maximum atomic E-state index is 13.7. The molecule has 0 aliphatic carbocycles. The number of para-hydroxylation sites is 1. The Morgan fingerprint density at radius 3 is 2.26 bits per heavy atom. The van der Waals surface area contributed by atoms with Crippen LogP contribution in [-0.2, 0) is 26.2 Å². The molecule has 0 aliphatic heterocycles. The van der Waals surface area contributed by atoms with E-state index in [-0.39, 0.29) is 24.9 Å². The van der Waals surface area contributed by atoms with E-state index >= 15 is 0 Å². The normalized spacial score (nSPS) is 12.3. The standard InChI is InChI=1S/C26H37N3O4S/c1-7-23(26(31)27-16-19(2)3)28(17-22-13-10-11-20(4)15-22)25(30)18-29(34(6,32)33)24-14-9-8-12-21(24)5/h8-15,19,23H,7,16-18H2,1-6H3,(H,27,31)/t23-/m1/s1. The first-order valence-electron chi connectivity index (χ1n) is 11.6. The van der Waals surface area contributed by atoms with Crippen molar-refractivity contribution in [3.63, 3.8) is 0 Å². The van der Waals surface area contributed by atoms with Crippen LogP contribution in [0.2, 0.25) is 0 Å². The van der Waals surface area contributed by atoms with Gasteiger partial charge in [0.15, 0.2) is 0 Å². The summed E-state index contributed by atoms with van der Waals surface area (Å²) < 4.78 is 26.5. The number of aryl methyl sites for hydroxylation is 2. The fourth-order valence-electron chi connectivity index (χ4n) is 3.79. The number of benzene rings is 2. The summed E-state index contributed by atoms with van der Waals surface area (Å²) in [6.07, 6.45) is 1.50. The minimum absolute atomic E-state index is 0.208. The number of sulfonamides is 1. The van der Waals surface area contributed by atoms with Crippen LogP contribution in [0.15, 0.2) is 48.5 Å². The molecule has 34 heavy (non-hydrogen) atoms. The molecule has 186 valence electrons. The van der Waals surface area contributed by atoms with Crippen LogP contribution in [0.3, 0.4) is 0 Å². The zero-order valence-electron chi connectivity index (χ0n) is 21.0. The van der Waals surface area contributed by atoms with Gasteiger partial charge < -0.3 is 10.2 Å². The Kier molecular flexibility index (Phi) is 9.67. The summed E-state index contributed by atoms with van der Waals surface area (Å²) in [4.78, 5) is 28.2. The van der Waals surface area contributed by atoms with Crippen LogP contribution >= 0.6 is 0 Å². The predicted molar refractivity (Wildman–Crippen MR) is 137 cm³/mol. The minimum Gasteiger partial charge on any atom is -0.354 e. The Labute approximate surface area is 204 Å². The van der Waals surface area contributed by atoms with Gasteiger partial charge in [-0.15, -0.1) is 0 Å². The van der Waals surface area contributed by atoms with E-state index in [1.807, 2.05) is 58.0 Å². The molecule has 2 amide bonds. The largest absolute Gasteiger partial charge is 0.354 e. The lowest BCUT2D eigenvalue weighted by Crippen LogP contribution is -2.52. The van der Waals surface area contributed by atoms with Crippen LogP contribution in [-0.4, -0.2) is 50.5 Å². The van der Waals surface area contributed by atoms with E-state index < -0.39 is 22.0 Å². The number of carbonyl (C=O) groups is 2. The lowest BCUT2D eigenvalue weighted by atomic mass is 10.1. The van der Waals surface area contributed by atoms with Gasteiger partial charge in [-0.1, -0.05) is 68.8 Å². The molecule has 7 nitrogen and oxygen atoms in total. The molecule has 0 heterocycles. The maximum Gasteiger partial charge on any atom is 0.244 e. The van der Waals surface area contributed by atoms with Crippen molar-refractivity contribution in [3.8, 4) is 0 Å². The summed E-state index contributed by atoms with van der Waals surface area (Å²) in [6.45, 7) is 9.95. The molecule has 1 atom stereocenters. The van der Waals surface area contributed by atoms with Gasteiger partial charge in [0, 0.05) is 13.1 Å². The Hall–Kier alpha value is -2.87. The van der Waals surface area contributed by atoms with Crippen molar-refractivity contribution in [3.05, 3.63) is 65.2 Å². The smallest absolute Gasteiger partial charge is 0.244 e. The minimum atomic E-state index is -3.74. The van der Waals surface area contributed by atoms with Gasteiger partial charge >= 0.3 is 0 Å². The summed E-state index contributed by atoms with van der Waals surface area (Å²) in [6, 6.07) is 14.1. The molecule has 1 N–H and O–H groups in total. The average molecular weight is 488 g/mol. The summed E-state index contributed by atoms with van der Waals surface area (Å²) in [7, 11) is -3.74. The monoisotopic (exact) mass is 487 g/mol. The molecule has 2 aromatic rings. The van der Waals surface area contributed by atoms with E-state index in [2.05, 4.69) is 5.32 Å². The third kappa shape index (κ3) is 7.58. The molecule has 0 unspecified atom stereocenters. The van der Waals surface area contributed by atoms with Gasteiger partial charge in [0.05, 0.1) is 11.9 Å². The summed E-state index contributed by atoms with van der Waals surface area (Å²) in [5, 5.41) is 2.93. The van der Waals surface area contributed by atoms with E-state index in [0.717, 1.165) is 27.3 Å². The highest BCUT2D eigenvalue weighted by Gasteiger charge is 2.32. The van der Waals surface area contributed by atoms with Crippen LogP contribution in [0.25, 0.3) is 0 Å². The second-order valence-electron chi connectivity index (χ2n) is 9.13. The van der Waals surface area contributed by atoms with E-state index in [4.69, 9.17) is 0 Å². The quantitative estimate of drug-likeness (QED) is 0.524. The van der Waals surface area contributed by atoms with Crippen LogP contribution in [0.5, 0.6) is 0 Å². The maximum absolute atomic E-state index is 13.7. The van der Waals surface area contributed by atoms with Crippen molar-refractivity contribution >= 4 is 27.5 Å². The second-order valence-corrected chi connectivity index (χ2v) is 11.0. The van der Waals surface area contributed by atoms with E-state index in [1.165, 1.54) is 4.90 Å². The van der Waals surface area contributed by atoms with Gasteiger partial charge in [0.1, 0.15) is 12.6 Å². The molecule has 2 rings (SSSR count). The number of nitrogens with zero attached hydrogens (tertiary/aromatic N) is 2. The van der Waals surface area contributed by atoms with Crippen molar-refractivity contribution in [2.24, 2.45) is 5.92 Å². The molecule has 0 bridgehead atoms.